The highest BCUT2D eigenvalue weighted by Gasteiger charge is 2.37. The molecular formula is C8H14N2O3. The number of amides is 3. The van der Waals surface area contributed by atoms with Gasteiger partial charge in [-0.25, -0.2) is 4.79 Å². The molecule has 1 heterocycles. The van der Waals surface area contributed by atoms with Crippen molar-refractivity contribution in [3.05, 3.63) is 0 Å². The molecule has 2 atom stereocenters. The first kappa shape index (κ1) is 9.98. The molecule has 0 spiro atoms. The van der Waals surface area contributed by atoms with E-state index in [-0.39, 0.29) is 18.0 Å². The molecule has 5 nitrogen and oxygen atoms in total. The maximum atomic E-state index is 11.4. The van der Waals surface area contributed by atoms with Crippen LogP contribution in [0.25, 0.3) is 0 Å². The third-order valence-corrected chi connectivity index (χ3v) is 2.02. The lowest BCUT2D eigenvalue weighted by Gasteiger charge is -2.20. The van der Waals surface area contributed by atoms with E-state index in [0.717, 1.165) is 0 Å². The molecule has 0 aromatic rings. The number of carbonyl (C=O) groups is 2. The SMILES string of the molecule is COC[C@@H](C)N1C(=O)N[C@H](C)C1=O. The Morgan fingerprint density at radius 1 is 1.62 bits per heavy atom. The van der Waals surface area contributed by atoms with Crippen LogP contribution in [-0.4, -0.2) is 42.6 Å². The molecule has 0 aromatic heterocycles. The second kappa shape index (κ2) is 3.74. The van der Waals surface area contributed by atoms with Crippen molar-refractivity contribution >= 4 is 11.9 Å². The summed E-state index contributed by atoms with van der Waals surface area (Å²) in [5.41, 5.74) is 0. The molecule has 1 N–H and O–H groups in total. The number of nitrogens with one attached hydrogen (secondary N) is 1. The molecule has 0 bridgehead atoms. The summed E-state index contributed by atoms with van der Waals surface area (Å²) in [5.74, 6) is -0.186. The zero-order valence-electron chi connectivity index (χ0n) is 8.03. The molecule has 5 heteroatoms. The fourth-order valence-corrected chi connectivity index (χ4v) is 1.36. The summed E-state index contributed by atoms with van der Waals surface area (Å²) in [7, 11) is 1.54. The lowest BCUT2D eigenvalue weighted by molar-refractivity contribution is -0.129. The standard InChI is InChI=1S/C8H14N2O3/c1-5(4-13-3)10-7(11)6(2)9-8(10)12/h5-6H,4H2,1-3H3,(H,9,12)/t5-,6-/m1/s1. The summed E-state index contributed by atoms with van der Waals surface area (Å²) in [6.07, 6.45) is 0. The second-order valence-electron chi connectivity index (χ2n) is 3.18. The minimum absolute atomic E-state index is 0.186. The van der Waals surface area contributed by atoms with E-state index in [1.165, 1.54) is 4.90 Å². The molecule has 1 aliphatic heterocycles. The van der Waals surface area contributed by atoms with Crippen LogP contribution in [0.4, 0.5) is 4.79 Å². The smallest absolute Gasteiger partial charge is 0.325 e. The summed E-state index contributed by atoms with van der Waals surface area (Å²) >= 11 is 0. The highest BCUT2D eigenvalue weighted by molar-refractivity contribution is 6.04. The number of imide groups is 1. The van der Waals surface area contributed by atoms with Crippen LogP contribution in [0.5, 0.6) is 0 Å². The van der Waals surface area contributed by atoms with Crippen LogP contribution < -0.4 is 5.32 Å². The molecule has 3 amide bonds. The van der Waals surface area contributed by atoms with Gasteiger partial charge in [0, 0.05) is 7.11 Å². The van der Waals surface area contributed by atoms with Gasteiger partial charge in [0.2, 0.25) is 0 Å². The van der Waals surface area contributed by atoms with E-state index in [9.17, 15) is 9.59 Å². The predicted octanol–water partition coefficient (Wildman–Crippen LogP) is -0.0384. The van der Waals surface area contributed by atoms with Crippen molar-refractivity contribution in [2.24, 2.45) is 0 Å². The molecule has 13 heavy (non-hydrogen) atoms. The van der Waals surface area contributed by atoms with E-state index in [4.69, 9.17) is 4.74 Å². The minimum Gasteiger partial charge on any atom is -0.383 e. The van der Waals surface area contributed by atoms with Crippen molar-refractivity contribution in [3.8, 4) is 0 Å². The summed E-state index contributed by atoms with van der Waals surface area (Å²) < 4.78 is 4.87. The Hall–Kier alpha value is -1.10. The Morgan fingerprint density at radius 2 is 2.23 bits per heavy atom. The second-order valence-corrected chi connectivity index (χ2v) is 3.18. The quantitative estimate of drug-likeness (QED) is 0.629. The van der Waals surface area contributed by atoms with Crippen molar-refractivity contribution < 1.29 is 14.3 Å². The molecule has 74 valence electrons. The van der Waals surface area contributed by atoms with Gasteiger partial charge in [-0.3, -0.25) is 9.69 Å². The Labute approximate surface area is 77.0 Å². The third-order valence-electron chi connectivity index (χ3n) is 2.02. The van der Waals surface area contributed by atoms with Crippen LogP contribution in [-0.2, 0) is 9.53 Å². The Balaban J connectivity index is 2.68. The largest absolute Gasteiger partial charge is 0.383 e. The fraction of sp³-hybridized carbons (Fsp3) is 0.750. The van der Waals surface area contributed by atoms with Gasteiger partial charge in [-0.1, -0.05) is 0 Å². The minimum atomic E-state index is -0.410. The van der Waals surface area contributed by atoms with E-state index in [2.05, 4.69) is 5.32 Å². The fourth-order valence-electron chi connectivity index (χ4n) is 1.36. The number of carbonyl (C=O) groups excluding carboxylic acids is 2. The Kier molecular flexibility index (Phi) is 2.87. The van der Waals surface area contributed by atoms with Crippen LogP contribution in [0.2, 0.25) is 0 Å². The highest BCUT2D eigenvalue weighted by Crippen LogP contribution is 2.10. The van der Waals surface area contributed by atoms with Gasteiger partial charge < -0.3 is 10.1 Å². The van der Waals surface area contributed by atoms with Gasteiger partial charge in [-0.2, -0.15) is 0 Å². The lowest BCUT2D eigenvalue weighted by atomic mass is 10.3. The summed E-state index contributed by atoms with van der Waals surface area (Å²) in [5, 5.41) is 2.54. The monoisotopic (exact) mass is 186 g/mol. The van der Waals surface area contributed by atoms with Gasteiger partial charge in [0.25, 0.3) is 5.91 Å². The molecule has 0 radical (unpaired) electrons. The number of ether oxygens (including phenoxy) is 1. The van der Waals surface area contributed by atoms with Crippen LogP contribution in [0.1, 0.15) is 13.8 Å². The van der Waals surface area contributed by atoms with Crippen molar-refractivity contribution in [2.45, 2.75) is 25.9 Å². The lowest BCUT2D eigenvalue weighted by Crippen LogP contribution is -2.41. The maximum absolute atomic E-state index is 11.4. The average Bonchev–Trinajstić information content (AvgIpc) is 2.27. The predicted molar refractivity (Wildman–Crippen MR) is 46.2 cm³/mol. The van der Waals surface area contributed by atoms with Crippen molar-refractivity contribution in [1.82, 2.24) is 10.2 Å². The summed E-state index contributed by atoms with van der Waals surface area (Å²) in [4.78, 5) is 23.9. The number of urea groups is 1. The zero-order valence-corrected chi connectivity index (χ0v) is 8.03. The highest BCUT2D eigenvalue weighted by atomic mass is 16.5. The number of hydrogen-bond donors (Lipinski definition) is 1. The first-order valence-corrected chi connectivity index (χ1v) is 4.20. The Morgan fingerprint density at radius 3 is 2.62 bits per heavy atom. The van der Waals surface area contributed by atoms with E-state index >= 15 is 0 Å². The number of hydrogen-bond acceptors (Lipinski definition) is 3. The van der Waals surface area contributed by atoms with E-state index in [1.807, 2.05) is 0 Å². The van der Waals surface area contributed by atoms with Gasteiger partial charge in [0.05, 0.1) is 12.6 Å². The van der Waals surface area contributed by atoms with Crippen LogP contribution in [0.3, 0.4) is 0 Å². The number of rotatable bonds is 3. The van der Waals surface area contributed by atoms with Gasteiger partial charge >= 0.3 is 6.03 Å². The first-order chi connectivity index (χ1) is 6.07. The molecule has 1 aliphatic rings. The molecule has 1 fully saturated rings. The molecule has 0 unspecified atom stereocenters. The number of nitrogens with zero attached hydrogens (tertiary/aromatic N) is 1. The third kappa shape index (κ3) is 1.80. The molecule has 1 rings (SSSR count). The maximum Gasteiger partial charge on any atom is 0.325 e. The molecule has 0 aliphatic carbocycles. The average molecular weight is 186 g/mol. The number of methoxy groups -OCH3 is 1. The van der Waals surface area contributed by atoms with Crippen LogP contribution >= 0.6 is 0 Å². The van der Waals surface area contributed by atoms with Crippen LogP contribution in [0.15, 0.2) is 0 Å². The Bertz CT molecular complexity index is 229. The molecular weight excluding hydrogens is 172 g/mol. The van der Waals surface area contributed by atoms with E-state index < -0.39 is 6.04 Å². The van der Waals surface area contributed by atoms with Gasteiger partial charge in [-0.15, -0.1) is 0 Å². The van der Waals surface area contributed by atoms with Gasteiger partial charge in [0.15, 0.2) is 0 Å². The topological polar surface area (TPSA) is 58.6 Å². The van der Waals surface area contributed by atoms with Gasteiger partial charge in [-0.05, 0) is 13.8 Å². The van der Waals surface area contributed by atoms with Crippen LogP contribution in [0, 0.1) is 0 Å². The van der Waals surface area contributed by atoms with Gasteiger partial charge in [0.1, 0.15) is 6.04 Å². The van der Waals surface area contributed by atoms with E-state index in [1.54, 1.807) is 21.0 Å². The first-order valence-electron chi connectivity index (χ1n) is 4.20. The summed E-state index contributed by atoms with van der Waals surface area (Å²) in [6, 6.07) is -0.948. The molecule has 0 saturated carbocycles. The van der Waals surface area contributed by atoms with Crippen molar-refractivity contribution in [1.29, 1.82) is 0 Å². The molecule has 1 saturated heterocycles. The zero-order chi connectivity index (χ0) is 10.0. The normalized spacial score (nSPS) is 24.8. The van der Waals surface area contributed by atoms with Crippen molar-refractivity contribution in [2.75, 3.05) is 13.7 Å². The van der Waals surface area contributed by atoms with Crippen molar-refractivity contribution in [3.63, 3.8) is 0 Å². The molecule has 0 aromatic carbocycles. The van der Waals surface area contributed by atoms with E-state index in [0.29, 0.717) is 6.61 Å². The summed E-state index contributed by atoms with van der Waals surface area (Å²) in [6.45, 7) is 3.81.